The van der Waals surface area contributed by atoms with Gasteiger partial charge in [0.15, 0.2) is 0 Å². The maximum absolute atomic E-state index is 12.1. The highest BCUT2D eigenvalue weighted by Crippen LogP contribution is 2.21. The minimum atomic E-state index is -0.234. The number of rotatable bonds is 3. The van der Waals surface area contributed by atoms with Crippen molar-refractivity contribution in [1.82, 2.24) is 9.97 Å². The molecule has 3 rings (SSSR count). The third-order valence-corrected chi connectivity index (χ3v) is 3.57. The highest BCUT2D eigenvalue weighted by atomic mass is 16.5. The van der Waals surface area contributed by atoms with Crippen LogP contribution in [0.2, 0.25) is 0 Å². The van der Waals surface area contributed by atoms with E-state index in [4.69, 9.17) is 9.15 Å². The van der Waals surface area contributed by atoms with Crippen LogP contribution in [0.5, 0.6) is 0 Å². The molecule has 1 aliphatic rings. The average molecular weight is 302 g/mol. The van der Waals surface area contributed by atoms with Crippen molar-refractivity contribution in [3.8, 4) is 0 Å². The third-order valence-electron chi connectivity index (χ3n) is 3.57. The Balaban J connectivity index is 1.82. The second-order valence-corrected chi connectivity index (χ2v) is 5.13. The molecule has 116 valence electrons. The molecule has 2 aromatic rings. The summed E-state index contributed by atoms with van der Waals surface area (Å²) in [5.41, 5.74) is 2.59. The predicted molar refractivity (Wildman–Crippen MR) is 81.2 cm³/mol. The quantitative estimate of drug-likeness (QED) is 0.931. The van der Waals surface area contributed by atoms with Crippen LogP contribution in [0.1, 0.15) is 21.7 Å². The van der Waals surface area contributed by atoms with Crippen LogP contribution in [0.25, 0.3) is 0 Å². The fourth-order valence-corrected chi connectivity index (χ4v) is 2.36. The molecule has 1 aliphatic heterocycles. The van der Waals surface area contributed by atoms with E-state index < -0.39 is 0 Å². The number of ether oxygens (including phenoxy) is 1. The first-order valence-electron chi connectivity index (χ1n) is 7.16. The number of morpholine rings is 1. The lowest BCUT2D eigenvalue weighted by atomic mass is 10.2. The summed E-state index contributed by atoms with van der Waals surface area (Å²) in [5.74, 6) is 0.447. The van der Waals surface area contributed by atoms with Gasteiger partial charge in [0.2, 0.25) is 5.95 Å². The first kappa shape index (κ1) is 14.5. The SMILES string of the molecule is Cc1nc(N2CCOCC2)nc(C)c1NC(=O)c1ccoc1. The van der Waals surface area contributed by atoms with Gasteiger partial charge < -0.3 is 19.4 Å². The Morgan fingerprint density at radius 3 is 2.50 bits per heavy atom. The molecule has 0 radical (unpaired) electrons. The van der Waals surface area contributed by atoms with Crippen molar-refractivity contribution in [3.63, 3.8) is 0 Å². The van der Waals surface area contributed by atoms with Gasteiger partial charge in [-0.05, 0) is 19.9 Å². The molecule has 0 spiro atoms. The molecule has 7 heteroatoms. The zero-order chi connectivity index (χ0) is 15.5. The minimum Gasteiger partial charge on any atom is -0.472 e. The number of aryl methyl sites for hydroxylation is 2. The molecule has 3 heterocycles. The molecule has 1 saturated heterocycles. The molecule has 22 heavy (non-hydrogen) atoms. The lowest BCUT2D eigenvalue weighted by Crippen LogP contribution is -2.37. The zero-order valence-electron chi connectivity index (χ0n) is 12.6. The van der Waals surface area contributed by atoms with E-state index in [2.05, 4.69) is 20.2 Å². The molecule has 0 saturated carbocycles. The first-order chi connectivity index (χ1) is 10.6. The van der Waals surface area contributed by atoms with Gasteiger partial charge in [0, 0.05) is 13.1 Å². The summed E-state index contributed by atoms with van der Waals surface area (Å²) in [7, 11) is 0. The summed E-state index contributed by atoms with van der Waals surface area (Å²) < 4.78 is 10.3. The van der Waals surface area contributed by atoms with Crippen LogP contribution in [0.3, 0.4) is 0 Å². The lowest BCUT2D eigenvalue weighted by Gasteiger charge is -2.27. The van der Waals surface area contributed by atoms with Crippen LogP contribution in [0, 0.1) is 13.8 Å². The summed E-state index contributed by atoms with van der Waals surface area (Å²) in [6.07, 6.45) is 2.87. The number of hydrogen-bond donors (Lipinski definition) is 1. The van der Waals surface area contributed by atoms with E-state index in [1.165, 1.54) is 12.5 Å². The second kappa shape index (κ2) is 6.15. The molecular formula is C15H18N4O3. The molecule has 0 aliphatic carbocycles. The Morgan fingerprint density at radius 1 is 1.23 bits per heavy atom. The van der Waals surface area contributed by atoms with Crippen LogP contribution >= 0.6 is 0 Å². The largest absolute Gasteiger partial charge is 0.472 e. The average Bonchev–Trinajstić information content (AvgIpc) is 3.06. The third kappa shape index (κ3) is 2.94. The molecule has 7 nitrogen and oxygen atoms in total. The Hall–Kier alpha value is -2.41. The Morgan fingerprint density at radius 2 is 1.91 bits per heavy atom. The molecule has 1 amide bonds. The molecule has 0 unspecified atom stereocenters. The molecule has 0 aromatic carbocycles. The molecule has 1 N–H and O–H groups in total. The Kier molecular flexibility index (Phi) is 4.06. The molecule has 1 fully saturated rings. The normalized spacial score (nSPS) is 14.9. The van der Waals surface area contributed by atoms with Crippen LogP contribution in [0.4, 0.5) is 11.6 Å². The van der Waals surface area contributed by atoms with E-state index >= 15 is 0 Å². The number of aromatic nitrogens is 2. The maximum atomic E-state index is 12.1. The molecule has 0 bridgehead atoms. The first-order valence-corrected chi connectivity index (χ1v) is 7.16. The molecular weight excluding hydrogens is 284 g/mol. The van der Waals surface area contributed by atoms with E-state index in [-0.39, 0.29) is 5.91 Å². The summed E-state index contributed by atoms with van der Waals surface area (Å²) in [6, 6.07) is 1.61. The second-order valence-electron chi connectivity index (χ2n) is 5.13. The van der Waals surface area contributed by atoms with Gasteiger partial charge in [-0.25, -0.2) is 9.97 Å². The zero-order valence-corrected chi connectivity index (χ0v) is 12.6. The fourth-order valence-electron chi connectivity index (χ4n) is 2.36. The summed E-state index contributed by atoms with van der Waals surface area (Å²) in [6.45, 7) is 6.65. The standard InChI is InChI=1S/C15H18N4O3/c1-10-13(18-14(20)12-3-6-22-9-12)11(2)17-15(16-10)19-4-7-21-8-5-19/h3,6,9H,4-5,7-8H2,1-2H3,(H,18,20). The fraction of sp³-hybridized carbons (Fsp3) is 0.400. The van der Waals surface area contributed by atoms with Gasteiger partial charge in [0.1, 0.15) is 6.26 Å². The van der Waals surface area contributed by atoms with E-state index in [0.29, 0.717) is 30.4 Å². The van der Waals surface area contributed by atoms with Crippen molar-refractivity contribution in [2.75, 3.05) is 36.5 Å². The van der Waals surface area contributed by atoms with Crippen molar-refractivity contribution in [2.24, 2.45) is 0 Å². The number of nitrogens with one attached hydrogen (secondary N) is 1. The lowest BCUT2D eigenvalue weighted by molar-refractivity contribution is 0.102. The van der Waals surface area contributed by atoms with E-state index in [0.717, 1.165) is 24.5 Å². The van der Waals surface area contributed by atoms with Crippen LogP contribution in [-0.4, -0.2) is 42.2 Å². The smallest absolute Gasteiger partial charge is 0.259 e. The highest BCUT2D eigenvalue weighted by molar-refractivity contribution is 6.04. The van der Waals surface area contributed by atoms with Gasteiger partial charge in [0.25, 0.3) is 5.91 Å². The molecule has 2 aromatic heterocycles. The number of furan rings is 1. The van der Waals surface area contributed by atoms with Gasteiger partial charge >= 0.3 is 0 Å². The number of carbonyl (C=O) groups is 1. The minimum absolute atomic E-state index is 0.234. The van der Waals surface area contributed by atoms with Crippen molar-refractivity contribution in [1.29, 1.82) is 0 Å². The van der Waals surface area contributed by atoms with Gasteiger partial charge in [-0.1, -0.05) is 0 Å². The van der Waals surface area contributed by atoms with Gasteiger partial charge in [-0.15, -0.1) is 0 Å². The number of amides is 1. The van der Waals surface area contributed by atoms with Crippen molar-refractivity contribution < 1.29 is 13.9 Å². The van der Waals surface area contributed by atoms with Gasteiger partial charge in [-0.2, -0.15) is 0 Å². The van der Waals surface area contributed by atoms with E-state index in [1.807, 2.05) is 13.8 Å². The summed E-state index contributed by atoms with van der Waals surface area (Å²) in [5, 5.41) is 2.84. The van der Waals surface area contributed by atoms with E-state index in [9.17, 15) is 4.79 Å². The maximum Gasteiger partial charge on any atom is 0.259 e. The molecule has 0 atom stereocenters. The summed E-state index contributed by atoms with van der Waals surface area (Å²) >= 11 is 0. The van der Waals surface area contributed by atoms with Crippen molar-refractivity contribution in [3.05, 3.63) is 35.5 Å². The van der Waals surface area contributed by atoms with Crippen molar-refractivity contribution in [2.45, 2.75) is 13.8 Å². The van der Waals surface area contributed by atoms with Crippen LogP contribution in [0.15, 0.2) is 23.0 Å². The van der Waals surface area contributed by atoms with Crippen molar-refractivity contribution >= 4 is 17.5 Å². The summed E-state index contributed by atoms with van der Waals surface area (Å²) in [4.78, 5) is 23.2. The topological polar surface area (TPSA) is 80.5 Å². The van der Waals surface area contributed by atoms with Gasteiger partial charge in [-0.3, -0.25) is 4.79 Å². The van der Waals surface area contributed by atoms with Crippen LogP contribution in [-0.2, 0) is 4.74 Å². The monoisotopic (exact) mass is 302 g/mol. The highest BCUT2D eigenvalue weighted by Gasteiger charge is 2.18. The van der Waals surface area contributed by atoms with Crippen LogP contribution < -0.4 is 10.2 Å². The van der Waals surface area contributed by atoms with Gasteiger partial charge in [0.05, 0.1) is 42.1 Å². The Labute approximate surface area is 128 Å². The Bertz CT molecular complexity index is 640. The predicted octanol–water partition coefficient (Wildman–Crippen LogP) is 1.78. The van der Waals surface area contributed by atoms with E-state index in [1.54, 1.807) is 6.07 Å². The number of anilines is 2. The number of nitrogens with zero attached hydrogens (tertiary/aromatic N) is 3. The number of hydrogen-bond acceptors (Lipinski definition) is 6. The number of carbonyl (C=O) groups excluding carboxylic acids is 1.